The summed E-state index contributed by atoms with van der Waals surface area (Å²) in [5, 5.41) is 5.49. The summed E-state index contributed by atoms with van der Waals surface area (Å²) in [7, 11) is 0. The van der Waals surface area contributed by atoms with Crippen LogP contribution >= 0.6 is 11.3 Å². The van der Waals surface area contributed by atoms with Crippen molar-refractivity contribution in [2.24, 2.45) is 0 Å². The lowest BCUT2D eigenvalue weighted by molar-refractivity contribution is -0.122. The Hall–Kier alpha value is -2.55. The summed E-state index contributed by atoms with van der Waals surface area (Å²) in [5.74, 6) is -0.206. The first-order valence-electron chi connectivity index (χ1n) is 9.69. The Morgan fingerprint density at radius 3 is 2.76 bits per heavy atom. The van der Waals surface area contributed by atoms with E-state index in [1.165, 1.54) is 27.8 Å². The second-order valence-electron chi connectivity index (χ2n) is 7.26. The van der Waals surface area contributed by atoms with E-state index >= 15 is 0 Å². The fourth-order valence-corrected chi connectivity index (χ4v) is 4.20. The molecule has 1 amide bonds. The third-order valence-corrected chi connectivity index (χ3v) is 5.94. The normalized spacial score (nSPS) is 16.0. The Kier molecular flexibility index (Phi) is 6.03. The van der Waals surface area contributed by atoms with Crippen LogP contribution in [0.15, 0.2) is 46.8 Å². The Morgan fingerprint density at radius 2 is 2.00 bits per heavy atom. The van der Waals surface area contributed by atoms with Gasteiger partial charge in [0.05, 0.1) is 31.0 Å². The number of nitrogens with one attached hydrogen (secondary N) is 1. The average Bonchev–Trinajstić information content (AvgIpc) is 3.21. The highest BCUT2D eigenvalue weighted by atomic mass is 32.1. The van der Waals surface area contributed by atoms with E-state index in [-0.39, 0.29) is 24.1 Å². The van der Waals surface area contributed by atoms with Crippen molar-refractivity contribution in [2.75, 3.05) is 32.8 Å². The first-order valence-corrected chi connectivity index (χ1v) is 10.6. The smallest absolute Gasteiger partial charge is 0.262 e. The molecule has 2 aromatic heterocycles. The van der Waals surface area contributed by atoms with Crippen molar-refractivity contribution in [3.8, 4) is 0 Å². The first-order chi connectivity index (χ1) is 14.1. The zero-order chi connectivity index (χ0) is 20.2. The number of thiophene rings is 1. The second-order valence-corrected chi connectivity index (χ2v) is 8.16. The van der Waals surface area contributed by atoms with Crippen LogP contribution in [0.3, 0.4) is 0 Å². The van der Waals surface area contributed by atoms with Gasteiger partial charge in [-0.2, -0.15) is 0 Å². The topological polar surface area (TPSA) is 76.5 Å². The number of carbonyl (C=O) groups excluding carboxylic acids is 1. The number of hydrogen-bond donors (Lipinski definition) is 1. The summed E-state index contributed by atoms with van der Waals surface area (Å²) in [6.07, 6.45) is 1.45. The van der Waals surface area contributed by atoms with Crippen LogP contribution in [0, 0.1) is 6.92 Å². The maximum absolute atomic E-state index is 12.8. The molecule has 1 aromatic carbocycles. The molecular weight excluding hydrogens is 388 g/mol. The molecule has 1 saturated heterocycles. The lowest BCUT2D eigenvalue weighted by Crippen LogP contribution is -2.44. The van der Waals surface area contributed by atoms with Crippen LogP contribution in [0.25, 0.3) is 10.2 Å². The predicted octanol–water partition coefficient (Wildman–Crippen LogP) is 1.96. The molecule has 0 aliphatic carbocycles. The van der Waals surface area contributed by atoms with Gasteiger partial charge in [0.15, 0.2) is 0 Å². The SMILES string of the molecule is Cc1ccc(C(CN2CCOCC2)NC(=O)Cn2cnc3sccc3c2=O)cc1. The third kappa shape index (κ3) is 4.72. The van der Waals surface area contributed by atoms with E-state index in [1.807, 2.05) is 36.6 Å². The molecule has 152 valence electrons. The summed E-state index contributed by atoms with van der Waals surface area (Å²) < 4.78 is 6.80. The van der Waals surface area contributed by atoms with E-state index < -0.39 is 0 Å². The van der Waals surface area contributed by atoms with Crippen molar-refractivity contribution < 1.29 is 9.53 Å². The molecular formula is C21H24N4O3S. The van der Waals surface area contributed by atoms with Crippen LogP contribution in [-0.4, -0.2) is 53.2 Å². The summed E-state index contributed by atoms with van der Waals surface area (Å²) in [6.45, 7) is 5.79. The molecule has 0 spiro atoms. The van der Waals surface area contributed by atoms with Crippen molar-refractivity contribution in [1.82, 2.24) is 19.8 Å². The zero-order valence-corrected chi connectivity index (χ0v) is 17.2. The lowest BCUT2D eigenvalue weighted by Gasteiger charge is -2.31. The van der Waals surface area contributed by atoms with Crippen LogP contribution in [-0.2, 0) is 16.1 Å². The monoisotopic (exact) mass is 412 g/mol. The molecule has 0 bridgehead atoms. The number of morpholine rings is 1. The molecule has 1 N–H and O–H groups in total. The van der Waals surface area contributed by atoms with Gasteiger partial charge in [-0.1, -0.05) is 29.8 Å². The van der Waals surface area contributed by atoms with E-state index in [0.717, 1.165) is 18.7 Å². The molecule has 8 heteroatoms. The molecule has 7 nitrogen and oxygen atoms in total. The van der Waals surface area contributed by atoms with Crippen molar-refractivity contribution in [2.45, 2.75) is 19.5 Å². The highest BCUT2D eigenvalue weighted by Crippen LogP contribution is 2.17. The quantitative estimate of drug-likeness (QED) is 0.670. The summed E-state index contributed by atoms with van der Waals surface area (Å²) in [5.41, 5.74) is 2.03. The molecule has 1 atom stereocenters. The van der Waals surface area contributed by atoms with Crippen LogP contribution in [0.2, 0.25) is 0 Å². The minimum absolute atomic E-state index is 0.0525. The largest absolute Gasteiger partial charge is 0.379 e. The number of ether oxygens (including phenoxy) is 1. The number of benzene rings is 1. The fraction of sp³-hybridized carbons (Fsp3) is 0.381. The van der Waals surface area contributed by atoms with Gasteiger partial charge in [0.1, 0.15) is 11.4 Å². The fourth-order valence-electron chi connectivity index (χ4n) is 3.48. The van der Waals surface area contributed by atoms with Crippen molar-refractivity contribution >= 4 is 27.5 Å². The Balaban J connectivity index is 1.50. The van der Waals surface area contributed by atoms with Gasteiger partial charge in [-0.3, -0.25) is 19.1 Å². The van der Waals surface area contributed by atoms with Crippen molar-refractivity contribution in [1.29, 1.82) is 0 Å². The summed E-state index contributed by atoms with van der Waals surface area (Å²) in [6, 6.07) is 9.78. The maximum atomic E-state index is 12.8. The van der Waals surface area contributed by atoms with Gasteiger partial charge in [-0.15, -0.1) is 11.3 Å². The van der Waals surface area contributed by atoms with Gasteiger partial charge >= 0.3 is 0 Å². The molecule has 1 aliphatic heterocycles. The molecule has 29 heavy (non-hydrogen) atoms. The molecule has 1 aliphatic rings. The van der Waals surface area contributed by atoms with Crippen LogP contribution < -0.4 is 10.9 Å². The van der Waals surface area contributed by atoms with E-state index in [4.69, 9.17) is 4.74 Å². The number of hydrogen-bond acceptors (Lipinski definition) is 6. The molecule has 1 fully saturated rings. The lowest BCUT2D eigenvalue weighted by atomic mass is 10.0. The molecule has 0 saturated carbocycles. The highest BCUT2D eigenvalue weighted by molar-refractivity contribution is 7.16. The molecule has 0 radical (unpaired) electrons. The zero-order valence-electron chi connectivity index (χ0n) is 16.3. The van der Waals surface area contributed by atoms with Gasteiger partial charge in [0.2, 0.25) is 5.91 Å². The number of amides is 1. The second kappa shape index (κ2) is 8.86. The van der Waals surface area contributed by atoms with E-state index in [2.05, 4.69) is 15.2 Å². The summed E-state index contributed by atoms with van der Waals surface area (Å²) >= 11 is 1.42. The number of aryl methyl sites for hydroxylation is 1. The van der Waals surface area contributed by atoms with E-state index in [9.17, 15) is 9.59 Å². The molecule has 3 aromatic rings. The Morgan fingerprint density at radius 1 is 1.24 bits per heavy atom. The Bertz CT molecular complexity index is 1040. The number of nitrogens with zero attached hydrogens (tertiary/aromatic N) is 3. The van der Waals surface area contributed by atoms with Crippen molar-refractivity contribution in [3.63, 3.8) is 0 Å². The molecule has 3 heterocycles. The van der Waals surface area contributed by atoms with Gasteiger partial charge in [0, 0.05) is 19.6 Å². The standard InChI is InChI=1S/C21H24N4O3S/c1-15-2-4-16(5-3-15)18(12-24-7-9-28-10-8-24)23-19(26)13-25-14-22-20-17(21(25)27)6-11-29-20/h2-6,11,14,18H,7-10,12-13H2,1H3,(H,23,26). The van der Waals surface area contributed by atoms with E-state index in [1.54, 1.807) is 6.07 Å². The van der Waals surface area contributed by atoms with E-state index in [0.29, 0.717) is 30.0 Å². The van der Waals surface area contributed by atoms with Gasteiger partial charge in [-0.25, -0.2) is 4.98 Å². The highest BCUT2D eigenvalue weighted by Gasteiger charge is 2.20. The Labute approximate surface area is 172 Å². The molecule has 1 unspecified atom stereocenters. The molecule has 4 rings (SSSR count). The van der Waals surface area contributed by atoms with Gasteiger partial charge in [0.25, 0.3) is 5.56 Å². The number of fused-ring (bicyclic) bond motifs is 1. The minimum Gasteiger partial charge on any atom is -0.379 e. The van der Waals surface area contributed by atoms with Gasteiger partial charge < -0.3 is 10.1 Å². The number of aromatic nitrogens is 2. The first kappa shape index (κ1) is 19.8. The third-order valence-electron chi connectivity index (χ3n) is 5.12. The van der Waals surface area contributed by atoms with Crippen LogP contribution in [0.1, 0.15) is 17.2 Å². The number of rotatable bonds is 6. The maximum Gasteiger partial charge on any atom is 0.262 e. The van der Waals surface area contributed by atoms with Crippen LogP contribution in [0.5, 0.6) is 0 Å². The van der Waals surface area contributed by atoms with Crippen LogP contribution in [0.4, 0.5) is 0 Å². The number of carbonyl (C=O) groups is 1. The van der Waals surface area contributed by atoms with Gasteiger partial charge in [-0.05, 0) is 23.9 Å². The summed E-state index contributed by atoms with van der Waals surface area (Å²) in [4.78, 5) is 32.6. The predicted molar refractivity (Wildman–Crippen MR) is 113 cm³/mol. The minimum atomic E-state index is -0.206. The van der Waals surface area contributed by atoms with Crippen molar-refractivity contribution in [3.05, 3.63) is 63.5 Å². The average molecular weight is 413 g/mol.